The summed E-state index contributed by atoms with van der Waals surface area (Å²) in [5, 5.41) is 6.08. The predicted octanol–water partition coefficient (Wildman–Crippen LogP) is 17.9. The lowest BCUT2D eigenvalue weighted by Crippen LogP contribution is -1.98. The van der Waals surface area contributed by atoms with Gasteiger partial charge in [-0.25, -0.2) is 0 Å². The van der Waals surface area contributed by atoms with Crippen molar-refractivity contribution in [3.63, 3.8) is 0 Å². The summed E-state index contributed by atoms with van der Waals surface area (Å²) in [5.41, 5.74) is 20.2. The maximum Gasteiger partial charge on any atom is 0.0708 e. The lowest BCUT2D eigenvalue weighted by molar-refractivity contribution is 1.41. The summed E-state index contributed by atoms with van der Waals surface area (Å²) < 4.78 is 0. The fourth-order valence-electron chi connectivity index (χ4n) is 10.2. The van der Waals surface area contributed by atoms with E-state index in [9.17, 15) is 0 Å². The molecule has 0 unspecified atom stereocenters. The van der Waals surface area contributed by atoms with Gasteiger partial charge in [0.1, 0.15) is 0 Å². The van der Waals surface area contributed by atoms with E-state index in [-0.39, 0.29) is 0 Å². The summed E-state index contributed by atoms with van der Waals surface area (Å²) in [5.74, 6) is 0. The summed E-state index contributed by atoms with van der Waals surface area (Å²) in [6.07, 6.45) is 1.92. The molecular formula is C65H43N. The average Bonchev–Trinajstić information content (AvgIpc) is 3.40. The number of nitrogens with zero attached hydrogens (tertiary/aromatic N) is 1. The van der Waals surface area contributed by atoms with Crippen molar-refractivity contribution >= 4 is 32.4 Å². The van der Waals surface area contributed by atoms with Crippen LogP contribution in [0, 0.1) is 0 Å². The normalized spacial score (nSPS) is 11.3. The molecule has 0 amide bonds. The molecule has 308 valence electrons. The summed E-state index contributed by atoms with van der Waals surface area (Å²) in [4.78, 5) is 4.66. The van der Waals surface area contributed by atoms with Gasteiger partial charge >= 0.3 is 0 Å². The van der Waals surface area contributed by atoms with Gasteiger partial charge in [0.2, 0.25) is 0 Å². The second-order valence-corrected chi connectivity index (χ2v) is 16.9. The summed E-state index contributed by atoms with van der Waals surface area (Å²) in [6.45, 7) is 0. The van der Waals surface area contributed by atoms with Crippen molar-refractivity contribution in [1.82, 2.24) is 4.98 Å². The van der Waals surface area contributed by atoms with Crippen molar-refractivity contribution in [2.45, 2.75) is 0 Å². The molecule has 0 saturated heterocycles. The van der Waals surface area contributed by atoms with E-state index < -0.39 is 0 Å². The van der Waals surface area contributed by atoms with Crippen LogP contribution in [0.15, 0.2) is 261 Å². The molecule has 0 aliphatic heterocycles. The van der Waals surface area contributed by atoms with Crippen molar-refractivity contribution in [2.24, 2.45) is 0 Å². The molecule has 1 nitrogen and oxygen atoms in total. The van der Waals surface area contributed by atoms with Crippen LogP contribution in [0.25, 0.3) is 121 Å². The molecule has 1 heteroatoms. The molecule has 11 aromatic carbocycles. The molecule has 0 bridgehead atoms. The van der Waals surface area contributed by atoms with Crippen LogP contribution in [-0.4, -0.2) is 4.98 Å². The van der Waals surface area contributed by atoms with E-state index in [0.29, 0.717) is 0 Å². The third-order valence-corrected chi connectivity index (χ3v) is 13.1. The van der Waals surface area contributed by atoms with Gasteiger partial charge in [-0.2, -0.15) is 0 Å². The molecule has 66 heavy (non-hydrogen) atoms. The molecule has 0 atom stereocenters. The zero-order valence-electron chi connectivity index (χ0n) is 36.3. The van der Waals surface area contributed by atoms with Crippen LogP contribution in [0.4, 0.5) is 0 Å². The zero-order chi connectivity index (χ0) is 43.8. The number of fused-ring (bicyclic) bond motifs is 3. The SMILES string of the molecule is c1ccc(-c2cc(-c3ccc(-c4c5ccccc5c(-c5cccc(-c6ccnc7ccccc67)c5)c5ccccc45)cc3)c(-c3ccccc3)c(-c3ccccc3)c2-c2ccccc2)cc1. The number of para-hydroxylation sites is 1. The molecular weight excluding hydrogens is 795 g/mol. The number of rotatable bonds is 8. The Morgan fingerprint density at radius 1 is 0.197 bits per heavy atom. The quantitative estimate of drug-likeness (QED) is 0.139. The van der Waals surface area contributed by atoms with Gasteiger partial charge < -0.3 is 0 Å². The first-order chi connectivity index (χ1) is 32.8. The second-order valence-electron chi connectivity index (χ2n) is 16.9. The minimum absolute atomic E-state index is 1.00. The minimum atomic E-state index is 1.00. The molecule has 0 aliphatic carbocycles. The highest BCUT2D eigenvalue weighted by molar-refractivity contribution is 6.21. The van der Waals surface area contributed by atoms with Gasteiger partial charge in [-0.3, -0.25) is 4.98 Å². The van der Waals surface area contributed by atoms with Crippen molar-refractivity contribution in [1.29, 1.82) is 0 Å². The van der Waals surface area contributed by atoms with Crippen LogP contribution < -0.4 is 0 Å². The smallest absolute Gasteiger partial charge is 0.0708 e. The van der Waals surface area contributed by atoms with E-state index in [4.69, 9.17) is 0 Å². The lowest BCUT2D eigenvalue weighted by atomic mass is 9.78. The van der Waals surface area contributed by atoms with Crippen molar-refractivity contribution < 1.29 is 0 Å². The van der Waals surface area contributed by atoms with Crippen molar-refractivity contribution in [2.75, 3.05) is 0 Å². The largest absolute Gasteiger partial charge is 0.256 e. The fraction of sp³-hybridized carbons (Fsp3) is 0. The van der Waals surface area contributed by atoms with Crippen LogP contribution in [-0.2, 0) is 0 Å². The van der Waals surface area contributed by atoms with E-state index in [2.05, 4.69) is 260 Å². The van der Waals surface area contributed by atoms with Gasteiger partial charge in [0.15, 0.2) is 0 Å². The van der Waals surface area contributed by atoms with Crippen LogP contribution in [0.1, 0.15) is 0 Å². The zero-order valence-corrected chi connectivity index (χ0v) is 36.3. The molecule has 0 N–H and O–H groups in total. The predicted molar refractivity (Wildman–Crippen MR) is 280 cm³/mol. The first kappa shape index (κ1) is 39.0. The summed E-state index contributed by atoms with van der Waals surface area (Å²) in [6, 6.07) is 92.8. The first-order valence-corrected chi connectivity index (χ1v) is 22.7. The maximum absolute atomic E-state index is 4.66. The molecule has 12 aromatic rings. The monoisotopic (exact) mass is 837 g/mol. The lowest BCUT2D eigenvalue weighted by Gasteiger charge is -2.24. The number of hydrogen-bond acceptors (Lipinski definition) is 1. The molecule has 12 rings (SSSR count). The second kappa shape index (κ2) is 16.8. The van der Waals surface area contributed by atoms with Crippen LogP contribution >= 0.6 is 0 Å². The highest BCUT2D eigenvalue weighted by atomic mass is 14.6. The Bertz CT molecular complexity index is 3650. The molecule has 0 radical (unpaired) electrons. The maximum atomic E-state index is 4.66. The molecule has 1 aromatic heterocycles. The van der Waals surface area contributed by atoms with Crippen LogP contribution in [0.3, 0.4) is 0 Å². The van der Waals surface area contributed by atoms with Crippen LogP contribution in [0.5, 0.6) is 0 Å². The Morgan fingerprint density at radius 3 is 1.09 bits per heavy atom. The Hall–Kier alpha value is -8.65. The number of aromatic nitrogens is 1. The Kier molecular flexibility index (Phi) is 9.93. The molecule has 0 aliphatic rings. The number of benzene rings is 11. The topological polar surface area (TPSA) is 12.9 Å². The van der Waals surface area contributed by atoms with E-state index >= 15 is 0 Å². The van der Waals surface area contributed by atoms with Gasteiger partial charge in [-0.1, -0.05) is 231 Å². The highest BCUT2D eigenvalue weighted by Gasteiger charge is 2.24. The average molecular weight is 838 g/mol. The molecule has 0 fully saturated rings. The van der Waals surface area contributed by atoms with Gasteiger partial charge in [0.05, 0.1) is 5.52 Å². The highest BCUT2D eigenvalue weighted by Crippen LogP contribution is 2.51. The van der Waals surface area contributed by atoms with E-state index in [1.54, 1.807) is 0 Å². The van der Waals surface area contributed by atoms with Gasteiger partial charge in [0, 0.05) is 11.6 Å². The van der Waals surface area contributed by atoms with Crippen LogP contribution in [0.2, 0.25) is 0 Å². The standard InChI is InChI=1S/C65H43N/c1-5-20-44(21-6-1)58-43-59(64(47-24-9-3-10-25-47)65(48-26-11-4-12-27-48)63(58)46-22-7-2-8-23-46)45-36-38-49(39-37-45)61-54-31-13-15-33-56(54)62(57-34-16-14-32-55(57)61)51-29-19-28-50(42-51)52-40-41-66-60-35-18-17-30-53(52)60/h1-43H. The minimum Gasteiger partial charge on any atom is -0.256 e. The Balaban J connectivity index is 1.07. The van der Waals surface area contributed by atoms with Gasteiger partial charge in [-0.15, -0.1) is 0 Å². The van der Waals surface area contributed by atoms with E-state index in [1.807, 2.05) is 6.20 Å². The van der Waals surface area contributed by atoms with Crippen molar-refractivity contribution in [3.05, 3.63) is 261 Å². The molecule has 1 heterocycles. The third kappa shape index (κ3) is 6.86. The van der Waals surface area contributed by atoms with Gasteiger partial charge in [-0.05, 0) is 135 Å². The fourth-order valence-corrected chi connectivity index (χ4v) is 10.2. The molecule has 0 saturated carbocycles. The first-order valence-electron chi connectivity index (χ1n) is 22.7. The van der Waals surface area contributed by atoms with E-state index in [1.165, 1.54) is 105 Å². The Labute approximate surface area is 385 Å². The Morgan fingerprint density at radius 2 is 0.561 bits per heavy atom. The number of pyridine rings is 1. The third-order valence-electron chi connectivity index (χ3n) is 13.1. The van der Waals surface area contributed by atoms with Crippen molar-refractivity contribution in [3.8, 4) is 89.0 Å². The summed E-state index contributed by atoms with van der Waals surface area (Å²) in [7, 11) is 0. The van der Waals surface area contributed by atoms with E-state index in [0.717, 1.165) is 16.5 Å². The summed E-state index contributed by atoms with van der Waals surface area (Å²) >= 11 is 0. The molecule has 0 spiro atoms. The number of hydrogen-bond donors (Lipinski definition) is 0. The van der Waals surface area contributed by atoms with Gasteiger partial charge in [0.25, 0.3) is 0 Å².